The van der Waals surface area contributed by atoms with Crippen LogP contribution in [0.25, 0.3) is 6.08 Å². The zero-order chi connectivity index (χ0) is 14.8. The molecule has 2 aromatic rings. The Labute approximate surface area is 126 Å². The van der Waals surface area contributed by atoms with Crippen LogP contribution in [0.4, 0.5) is 0 Å². The maximum atomic E-state index is 6.15. The third kappa shape index (κ3) is 2.54. The highest BCUT2D eigenvalue weighted by atomic mass is 16.5. The van der Waals surface area contributed by atoms with Crippen LogP contribution >= 0.6 is 0 Å². The van der Waals surface area contributed by atoms with Gasteiger partial charge in [0.1, 0.15) is 17.6 Å². The standard InChI is InChI=1S/C19H20O2/c1-4-5-14-6-11-18-17(12-14)13(2)19(21-18)15-7-9-16(20-3)10-8-15/h4-13,19H,1-3H3/t13-,19-/m0/s1. The van der Waals surface area contributed by atoms with Gasteiger partial charge >= 0.3 is 0 Å². The third-order valence-electron chi connectivity index (χ3n) is 4.04. The topological polar surface area (TPSA) is 18.5 Å². The molecule has 0 saturated carbocycles. The van der Waals surface area contributed by atoms with Gasteiger partial charge in [-0.05, 0) is 42.3 Å². The molecule has 0 aliphatic carbocycles. The van der Waals surface area contributed by atoms with Gasteiger partial charge in [-0.1, -0.05) is 37.3 Å². The Morgan fingerprint density at radius 3 is 2.52 bits per heavy atom. The number of fused-ring (bicyclic) bond motifs is 1. The quantitative estimate of drug-likeness (QED) is 0.790. The molecule has 3 rings (SSSR count). The lowest BCUT2D eigenvalue weighted by Crippen LogP contribution is -2.07. The summed E-state index contributed by atoms with van der Waals surface area (Å²) in [6.07, 6.45) is 4.25. The number of hydrogen-bond acceptors (Lipinski definition) is 2. The first kappa shape index (κ1) is 13.7. The summed E-state index contributed by atoms with van der Waals surface area (Å²) in [4.78, 5) is 0. The highest BCUT2D eigenvalue weighted by molar-refractivity contribution is 5.55. The van der Waals surface area contributed by atoms with Gasteiger partial charge in [-0.2, -0.15) is 0 Å². The first-order valence-corrected chi connectivity index (χ1v) is 7.30. The monoisotopic (exact) mass is 280 g/mol. The predicted molar refractivity (Wildman–Crippen MR) is 85.9 cm³/mol. The molecular weight excluding hydrogens is 260 g/mol. The van der Waals surface area contributed by atoms with Crippen LogP contribution in [-0.4, -0.2) is 7.11 Å². The van der Waals surface area contributed by atoms with Crippen LogP contribution < -0.4 is 9.47 Å². The van der Waals surface area contributed by atoms with Gasteiger partial charge in [0.15, 0.2) is 0 Å². The van der Waals surface area contributed by atoms with E-state index in [4.69, 9.17) is 9.47 Å². The maximum Gasteiger partial charge on any atom is 0.130 e. The summed E-state index contributed by atoms with van der Waals surface area (Å²) < 4.78 is 11.4. The number of methoxy groups -OCH3 is 1. The van der Waals surface area contributed by atoms with Crippen molar-refractivity contribution in [2.45, 2.75) is 25.9 Å². The van der Waals surface area contributed by atoms with Crippen molar-refractivity contribution in [1.82, 2.24) is 0 Å². The highest BCUT2D eigenvalue weighted by Crippen LogP contribution is 2.46. The third-order valence-corrected chi connectivity index (χ3v) is 4.04. The summed E-state index contributed by atoms with van der Waals surface area (Å²) in [6.45, 7) is 4.26. The number of allylic oxidation sites excluding steroid dienone is 1. The van der Waals surface area contributed by atoms with Crippen molar-refractivity contribution in [2.24, 2.45) is 0 Å². The Balaban J connectivity index is 1.90. The fourth-order valence-corrected chi connectivity index (χ4v) is 2.88. The summed E-state index contributed by atoms with van der Waals surface area (Å²) in [6, 6.07) is 14.5. The zero-order valence-corrected chi connectivity index (χ0v) is 12.7. The number of rotatable bonds is 3. The van der Waals surface area contributed by atoms with E-state index in [0.29, 0.717) is 5.92 Å². The van der Waals surface area contributed by atoms with Crippen molar-refractivity contribution in [1.29, 1.82) is 0 Å². The maximum absolute atomic E-state index is 6.15. The fourth-order valence-electron chi connectivity index (χ4n) is 2.88. The van der Waals surface area contributed by atoms with Crippen LogP contribution in [-0.2, 0) is 0 Å². The molecule has 1 aliphatic heterocycles. The van der Waals surface area contributed by atoms with Gasteiger partial charge < -0.3 is 9.47 Å². The average Bonchev–Trinajstić information content (AvgIpc) is 2.85. The van der Waals surface area contributed by atoms with E-state index < -0.39 is 0 Å². The Hall–Kier alpha value is -2.22. The van der Waals surface area contributed by atoms with Crippen LogP contribution in [0.1, 0.15) is 42.6 Å². The second-order valence-corrected chi connectivity index (χ2v) is 5.40. The van der Waals surface area contributed by atoms with E-state index in [9.17, 15) is 0 Å². The summed E-state index contributed by atoms with van der Waals surface area (Å²) >= 11 is 0. The average molecular weight is 280 g/mol. The van der Waals surface area contributed by atoms with Crippen LogP contribution in [0.15, 0.2) is 48.5 Å². The molecule has 0 aromatic heterocycles. The fraction of sp³-hybridized carbons (Fsp3) is 0.263. The second kappa shape index (κ2) is 5.65. The number of benzene rings is 2. The molecule has 2 aromatic carbocycles. The van der Waals surface area contributed by atoms with Crippen LogP contribution in [0.3, 0.4) is 0 Å². The molecule has 2 atom stereocenters. The van der Waals surface area contributed by atoms with Crippen LogP contribution in [0.5, 0.6) is 11.5 Å². The van der Waals surface area contributed by atoms with Crippen molar-refractivity contribution in [3.8, 4) is 11.5 Å². The molecule has 0 N–H and O–H groups in total. The molecule has 108 valence electrons. The second-order valence-electron chi connectivity index (χ2n) is 5.40. The van der Waals surface area contributed by atoms with Gasteiger partial charge in [-0.25, -0.2) is 0 Å². The molecule has 1 aliphatic rings. The molecule has 0 amide bonds. The Bertz CT molecular complexity index is 656. The largest absolute Gasteiger partial charge is 0.497 e. The van der Waals surface area contributed by atoms with Gasteiger partial charge in [-0.15, -0.1) is 0 Å². The van der Waals surface area contributed by atoms with Gasteiger partial charge in [0.25, 0.3) is 0 Å². The Kier molecular flexibility index (Phi) is 3.70. The van der Waals surface area contributed by atoms with Crippen molar-refractivity contribution in [2.75, 3.05) is 7.11 Å². The molecule has 1 heterocycles. The normalized spacial score (nSPS) is 20.3. The Morgan fingerprint density at radius 1 is 1.10 bits per heavy atom. The zero-order valence-electron chi connectivity index (χ0n) is 12.7. The minimum Gasteiger partial charge on any atom is -0.497 e. The van der Waals surface area contributed by atoms with Crippen molar-refractivity contribution in [3.63, 3.8) is 0 Å². The van der Waals surface area contributed by atoms with Gasteiger partial charge in [-0.3, -0.25) is 0 Å². The summed E-state index contributed by atoms with van der Waals surface area (Å²) in [5.41, 5.74) is 3.69. The van der Waals surface area contributed by atoms with E-state index in [1.54, 1.807) is 7.11 Å². The van der Waals surface area contributed by atoms with Crippen molar-refractivity contribution in [3.05, 3.63) is 65.2 Å². The number of ether oxygens (including phenoxy) is 2. The summed E-state index contributed by atoms with van der Waals surface area (Å²) in [7, 11) is 1.68. The lowest BCUT2D eigenvalue weighted by Gasteiger charge is -2.16. The van der Waals surface area contributed by atoms with E-state index in [2.05, 4.69) is 49.4 Å². The highest BCUT2D eigenvalue weighted by Gasteiger charge is 2.32. The van der Waals surface area contributed by atoms with E-state index in [0.717, 1.165) is 11.5 Å². The van der Waals surface area contributed by atoms with Crippen LogP contribution in [0, 0.1) is 0 Å². The molecule has 21 heavy (non-hydrogen) atoms. The minimum absolute atomic E-state index is 0.0757. The first-order chi connectivity index (χ1) is 10.2. The van der Waals surface area contributed by atoms with Gasteiger partial charge in [0.2, 0.25) is 0 Å². The van der Waals surface area contributed by atoms with E-state index in [1.165, 1.54) is 16.7 Å². The summed E-state index contributed by atoms with van der Waals surface area (Å²) in [5, 5.41) is 0. The molecule has 0 bridgehead atoms. The molecule has 0 spiro atoms. The Morgan fingerprint density at radius 2 is 1.86 bits per heavy atom. The number of hydrogen-bond donors (Lipinski definition) is 0. The smallest absolute Gasteiger partial charge is 0.130 e. The molecule has 0 saturated heterocycles. The predicted octanol–water partition coefficient (Wildman–Crippen LogP) is 4.97. The lowest BCUT2D eigenvalue weighted by molar-refractivity contribution is 0.216. The molecule has 0 fully saturated rings. The molecule has 2 nitrogen and oxygen atoms in total. The van der Waals surface area contributed by atoms with E-state index in [1.807, 2.05) is 19.1 Å². The van der Waals surface area contributed by atoms with Gasteiger partial charge in [0.05, 0.1) is 7.11 Å². The van der Waals surface area contributed by atoms with E-state index >= 15 is 0 Å². The molecule has 2 heteroatoms. The SMILES string of the molecule is CC=Cc1ccc2c(c1)[C@H](C)[C@@H](c1ccc(OC)cc1)O2. The van der Waals surface area contributed by atoms with Crippen LogP contribution in [0.2, 0.25) is 0 Å². The molecule has 0 unspecified atom stereocenters. The first-order valence-electron chi connectivity index (χ1n) is 7.30. The van der Waals surface area contributed by atoms with Crippen molar-refractivity contribution < 1.29 is 9.47 Å². The molecular formula is C19H20O2. The summed E-state index contributed by atoms with van der Waals surface area (Å²) in [5.74, 6) is 2.22. The molecule has 0 radical (unpaired) electrons. The lowest BCUT2D eigenvalue weighted by atomic mass is 9.92. The van der Waals surface area contributed by atoms with E-state index in [-0.39, 0.29) is 6.10 Å². The van der Waals surface area contributed by atoms with Crippen molar-refractivity contribution >= 4 is 6.08 Å². The minimum atomic E-state index is 0.0757. The van der Waals surface area contributed by atoms with Gasteiger partial charge in [0, 0.05) is 11.5 Å².